The molecule has 0 atom stereocenters. The van der Waals surface area contributed by atoms with Crippen molar-refractivity contribution in [2.24, 2.45) is 0 Å². The number of para-hydroxylation sites is 1. The molecule has 45 heavy (non-hydrogen) atoms. The van der Waals surface area contributed by atoms with E-state index in [2.05, 4.69) is 53.4 Å². The average Bonchev–Trinajstić information content (AvgIpc) is 3.50. The number of hydrogen-bond acceptors (Lipinski definition) is 10. The van der Waals surface area contributed by atoms with E-state index in [0.717, 1.165) is 48.4 Å². The molecule has 1 aliphatic rings. The van der Waals surface area contributed by atoms with E-state index in [-0.39, 0.29) is 14.3 Å². The van der Waals surface area contributed by atoms with Crippen LogP contribution in [0.25, 0.3) is 15.8 Å². The molecule has 0 aliphatic carbocycles. The number of anilines is 1. The van der Waals surface area contributed by atoms with Gasteiger partial charge in [0.05, 0.1) is 36.5 Å². The highest BCUT2D eigenvalue weighted by Crippen LogP contribution is 2.47. The minimum absolute atomic E-state index is 0. The number of thioether (sulfide) groups is 1. The first-order chi connectivity index (χ1) is 21.3. The highest BCUT2D eigenvalue weighted by molar-refractivity contribution is 8.03. The van der Waals surface area contributed by atoms with Crippen LogP contribution >= 0.6 is 23.1 Å². The summed E-state index contributed by atoms with van der Waals surface area (Å²) >= 11 is 3.18. The van der Waals surface area contributed by atoms with Crippen LogP contribution < -0.4 is 9.47 Å². The van der Waals surface area contributed by atoms with E-state index in [9.17, 15) is 25.9 Å². The Labute approximate surface area is 278 Å². The molecule has 3 aromatic rings. The topological polar surface area (TPSA) is 125 Å². The Balaban J connectivity index is 0.000000827. The molecule has 13 heteroatoms. The fraction of sp³-hybridized carbons (Fsp3) is 0.469. The van der Waals surface area contributed by atoms with Gasteiger partial charge in [-0.3, -0.25) is 0 Å². The number of rotatable bonds is 14. The molecule has 0 fully saturated rings. The third-order valence-corrected chi connectivity index (χ3v) is 11.2. The number of nitrogens with zero attached hydrogens (tertiary/aromatic N) is 3. The van der Waals surface area contributed by atoms with Gasteiger partial charge in [0.2, 0.25) is 5.52 Å². The smallest absolute Gasteiger partial charge is 0.748 e. The minimum Gasteiger partial charge on any atom is -0.748 e. The number of fused-ring (bicyclic) bond motifs is 2. The van der Waals surface area contributed by atoms with Crippen molar-refractivity contribution in [2.45, 2.75) is 65.3 Å². The van der Waals surface area contributed by atoms with Gasteiger partial charge in [-0.2, -0.15) is 4.57 Å². The lowest BCUT2D eigenvalue weighted by atomic mass is 10.2. The number of hydrogen-bond donors (Lipinski definition) is 0. The maximum absolute atomic E-state index is 11.2. The van der Waals surface area contributed by atoms with Gasteiger partial charge in [0.15, 0.2) is 6.54 Å². The molecule has 0 bridgehead atoms. The molecule has 0 radical (unpaired) electrons. The second kappa shape index (κ2) is 17.1. The Morgan fingerprint density at radius 3 is 2.20 bits per heavy atom. The maximum Gasteiger partial charge on any atom is 1.00 e. The van der Waals surface area contributed by atoms with Crippen molar-refractivity contribution in [1.29, 1.82) is 0 Å². The predicted molar refractivity (Wildman–Crippen MR) is 186 cm³/mol. The maximum atomic E-state index is 11.2. The van der Waals surface area contributed by atoms with Crippen molar-refractivity contribution < 1.29 is 31.9 Å². The Bertz CT molecular complexity index is 1710. The Kier molecular flexibility index (Phi) is 14.1. The van der Waals surface area contributed by atoms with Gasteiger partial charge in [-0.25, -0.2) is 16.8 Å². The Morgan fingerprint density at radius 2 is 1.60 bits per heavy atom. The van der Waals surface area contributed by atoms with E-state index in [1.165, 1.54) is 19.6 Å². The summed E-state index contributed by atoms with van der Waals surface area (Å²) in [6.07, 6.45) is 5.34. The number of thiazole rings is 1. The van der Waals surface area contributed by atoms with Gasteiger partial charge in [-0.15, -0.1) is 0 Å². The zero-order chi connectivity index (χ0) is 33.2. The summed E-state index contributed by atoms with van der Waals surface area (Å²) < 4.78 is 70.6. The third-order valence-electron chi connectivity index (χ3n) is 7.34. The van der Waals surface area contributed by atoms with Crippen molar-refractivity contribution in [2.75, 3.05) is 42.6 Å². The summed E-state index contributed by atoms with van der Waals surface area (Å²) in [4.78, 5) is 5.48. The number of allylic oxidation sites excluding steroid dienone is 3. The fourth-order valence-electron chi connectivity index (χ4n) is 5.05. The zero-order valence-corrected chi connectivity index (χ0v) is 30.0. The van der Waals surface area contributed by atoms with E-state index < -0.39 is 31.7 Å². The van der Waals surface area contributed by atoms with Gasteiger partial charge in [0, 0.05) is 35.4 Å². The molecule has 2 heterocycles. The highest BCUT2D eigenvalue weighted by atomic mass is 32.2. The Morgan fingerprint density at radius 1 is 0.956 bits per heavy atom. The van der Waals surface area contributed by atoms with Crippen molar-refractivity contribution in [1.82, 2.24) is 4.90 Å². The van der Waals surface area contributed by atoms with Gasteiger partial charge in [0.1, 0.15) is 4.70 Å². The largest absolute Gasteiger partial charge is 1.00 e. The highest BCUT2D eigenvalue weighted by Gasteiger charge is 2.28. The van der Waals surface area contributed by atoms with E-state index in [0.29, 0.717) is 13.1 Å². The van der Waals surface area contributed by atoms with Gasteiger partial charge >= 0.3 is 1.43 Å². The lowest BCUT2D eigenvalue weighted by Crippen LogP contribution is -2.37. The first-order valence-electron chi connectivity index (χ1n) is 15.3. The molecule has 9 nitrogen and oxygen atoms in total. The quantitative estimate of drug-likeness (QED) is 0.146. The third kappa shape index (κ3) is 11.2. The van der Waals surface area contributed by atoms with Crippen LogP contribution in [0.1, 0.15) is 59.0 Å². The molecular formula is C32H45N3O6S4. The zero-order valence-electron chi connectivity index (χ0n) is 27.7. The van der Waals surface area contributed by atoms with Crippen molar-refractivity contribution in [3.63, 3.8) is 0 Å². The molecule has 248 valence electrons. The standard InChI is InChI=1S/C26H30N2O6S4.C6H15N/c1-3-8-20(26-28(14-7-16-38(32,33)34)21-9-4-5-10-23(21)36-26)18-25-27(13-6-15-37(29,30)31)22-17-19(2)11-12-24(22)35-25;1-4-7(5-2)6-3/h4-5,8-12,17-18H,3,6-7,13-16H2,1-2H3,(H-,29,30,31,32,33,34);4-6H2,1-3H3/b20-8+,25-18-;. The van der Waals surface area contributed by atoms with E-state index in [4.69, 9.17) is 0 Å². The van der Waals surface area contributed by atoms with E-state index in [1.54, 1.807) is 23.1 Å². The molecule has 4 rings (SSSR count). The lowest BCUT2D eigenvalue weighted by molar-refractivity contribution is -0.669. The number of benzene rings is 2. The molecule has 0 saturated carbocycles. The molecule has 0 N–H and O–H groups in total. The SMILES string of the molecule is CC/C=C(\C=C1/Sc2ccc(C)cc2N1CCCS(=O)(=O)[O-])c1sc2ccccc2[n+]1CCCS(=O)(=O)[O-].CCN(CC)CC.[H+]. The van der Waals surface area contributed by atoms with Crippen LogP contribution in [-0.4, -0.2) is 68.5 Å². The lowest BCUT2D eigenvalue weighted by Gasteiger charge is -2.21. The van der Waals surface area contributed by atoms with Crippen molar-refractivity contribution in [3.05, 3.63) is 70.2 Å². The van der Waals surface area contributed by atoms with E-state index >= 15 is 0 Å². The van der Waals surface area contributed by atoms with Crippen molar-refractivity contribution in [3.8, 4) is 0 Å². The van der Waals surface area contributed by atoms with Crippen LogP contribution in [0.4, 0.5) is 5.69 Å². The molecule has 0 unspecified atom stereocenters. The average molecular weight is 696 g/mol. The summed E-state index contributed by atoms with van der Waals surface area (Å²) in [6.45, 7) is 14.9. The van der Waals surface area contributed by atoms with Crippen LogP contribution in [0.15, 0.2) is 64.5 Å². The van der Waals surface area contributed by atoms with Gasteiger partial charge in [-0.05, 0) is 69.2 Å². The molecule has 2 aromatic carbocycles. The molecule has 1 aromatic heterocycles. The van der Waals surface area contributed by atoms with Crippen LogP contribution in [0, 0.1) is 6.92 Å². The van der Waals surface area contributed by atoms with Gasteiger partial charge in [0.25, 0.3) is 5.01 Å². The second-order valence-corrected chi connectivity index (χ2v) is 15.8. The number of aryl methyl sites for hydroxylation is 2. The fourth-order valence-corrected chi connectivity index (χ4v) is 8.34. The summed E-state index contributed by atoms with van der Waals surface area (Å²) in [5, 5.41) is 1.86. The van der Waals surface area contributed by atoms with E-state index in [1.807, 2.05) is 50.2 Å². The summed E-state index contributed by atoms with van der Waals surface area (Å²) in [7, 11) is -8.63. The monoisotopic (exact) mass is 695 g/mol. The number of aromatic nitrogens is 1. The first kappa shape index (κ1) is 37.2. The summed E-state index contributed by atoms with van der Waals surface area (Å²) in [5.41, 5.74) is 3.97. The molecule has 0 spiro atoms. The minimum atomic E-state index is -4.31. The van der Waals surface area contributed by atoms with Gasteiger partial charge in [-0.1, -0.05) is 75.1 Å². The normalized spacial score (nSPS) is 14.7. The van der Waals surface area contributed by atoms with Crippen molar-refractivity contribution >= 4 is 64.8 Å². The molecule has 0 amide bonds. The molecular weight excluding hydrogens is 651 g/mol. The van der Waals surface area contributed by atoms with Crippen LogP contribution in [0.2, 0.25) is 0 Å². The molecule has 1 aliphatic heterocycles. The predicted octanol–water partition coefficient (Wildman–Crippen LogP) is 6.08. The Hall–Kier alpha value is -2.26. The van der Waals surface area contributed by atoms with Crippen LogP contribution in [-0.2, 0) is 26.8 Å². The van der Waals surface area contributed by atoms with Crippen LogP contribution in [0.5, 0.6) is 0 Å². The molecule has 0 saturated heterocycles. The van der Waals surface area contributed by atoms with Gasteiger partial charge < -0.3 is 18.9 Å². The van der Waals surface area contributed by atoms with Crippen LogP contribution in [0.3, 0.4) is 0 Å². The summed E-state index contributed by atoms with van der Waals surface area (Å²) in [5.74, 6) is -0.863. The first-order valence-corrected chi connectivity index (χ1v) is 20.1. The summed E-state index contributed by atoms with van der Waals surface area (Å²) in [6, 6.07) is 14.0. The second-order valence-electron chi connectivity index (χ2n) is 10.7.